The molecular weight excluding hydrogens is 461 g/mol. The maximum Gasteiger partial charge on any atom is 0.281 e. The van der Waals surface area contributed by atoms with Crippen molar-refractivity contribution >= 4 is 17.8 Å². The van der Waals surface area contributed by atoms with E-state index < -0.39 is 11.7 Å². The van der Waals surface area contributed by atoms with Crippen LogP contribution < -0.4 is 20.1 Å². The van der Waals surface area contributed by atoms with Crippen molar-refractivity contribution < 1.29 is 18.7 Å². The molecule has 0 atom stereocenters. The maximum absolute atomic E-state index is 13.4. The Kier molecular flexibility index (Phi) is 8.12. The van der Waals surface area contributed by atoms with Crippen molar-refractivity contribution in [3.63, 3.8) is 0 Å². The van der Waals surface area contributed by atoms with Crippen molar-refractivity contribution in [2.24, 2.45) is 0 Å². The van der Waals surface area contributed by atoms with Gasteiger partial charge in [-0.2, -0.15) is 9.67 Å². The summed E-state index contributed by atoms with van der Waals surface area (Å²) in [6.45, 7) is 5.94. The number of hydrogen-bond acceptors (Lipinski definition) is 7. The fraction of sp³-hybridized carbons (Fsp3) is 0.222. The van der Waals surface area contributed by atoms with Gasteiger partial charge in [-0.05, 0) is 73.5 Å². The highest BCUT2D eigenvalue weighted by atomic mass is 19.1. The number of halogens is 1. The van der Waals surface area contributed by atoms with E-state index in [4.69, 9.17) is 9.47 Å². The van der Waals surface area contributed by atoms with Crippen LogP contribution in [0.4, 0.5) is 16.3 Å². The molecule has 0 unspecified atom stereocenters. The molecule has 1 heterocycles. The minimum Gasteiger partial charge on any atom is -0.494 e. The van der Waals surface area contributed by atoms with Gasteiger partial charge in [0.15, 0.2) is 0 Å². The molecule has 4 aromatic rings. The van der Waals surface area contributed by atoms with Crippen LogP contribution in [-0.4, -0.2) is 33.9 Å². The molecule has 0 aliphatic heterocycles. The molecule has 0 aliphatic carbocycles. The third kappa shape index (κ3) is 6.38. The van der Waals surface area contributed by atoms with Crippen molar-refractivity contribution in [2.45, 2.75) is 26.9 Å². The Hall–Kier alpha value is -4.40. The first kappa shape index (κ1) is 24.7. The fourth-order valence-electron chi connectivity index (χ4n) is 3.46. The molecule has 9 heteroatoms. The van der Waals surface area contributed by atoms with Crippen LogP contribution in [0.25, 0.3) is 0 Å². The van der Waals surface area contributed by atoms with Gasteiger partial charge in [0.2, 0.25) is 11.9 Å². The van der Waals surface area contributed by atoms with Gasteiger partial charge in [0.05, 0.1) is 13.2 Å². The summed E-state index contributed by atoms with van der Waals surface area (Å²) in [5.41, 5.74) is 2.28. The summed E-state index contributed by atoms with van der Waals surface area (Å²) < 4.78 is 25.5. The lowest BCUT2D eigenvalue weighted by Crippen LogP contribution is -2.17. The molecule has 2 N–H and O–H groups in total. The molecule has 8 nitrogen and oxygen atoms in total. The third-order valence-electron chi connectivity index (χ3n) is 5.26. The van der Waals surface area contributed by atoms with Crippen LogP contribution in [0.15, 0.2) is 72.8 Å². The molecule has 186 valence electrons. The van der Waals surface area contributed by atoms with E-state index in [1.165, 1.54) is 28.9 Å². The Labute approximate surface area is 209 Å². The van der Waals surface area contributed by atoms with E-state index >= 15 is 0 Å². The molecule has 1 aromatic heterocycles. The monoisotopic (exact) mass is 489 g/mol. The van der Waals surface area contributed by atoms with E-state index in [2.05, 4.69) is 20.7 Å². The van der Waals surface area contributed by atoms with Gasteiger partial charge in [0.25, 0.3) is 5.91 Å². The first-order valence-corrected chi connectivity index (χ1v) is 11.7. The SMILES string of the molecule is CCOc1ccc(CNc2nc(NCc3ccc(OCC)cc3)n(C(=O)c3ccc(F)cc3)n2)cc1. The number of nitrogens with zero attached hydrogens (tertiary/aromatic N) is 3. The summed E-state index contributed by atoms with van der Waals surface area (Å²) in [5.74, 6) is 1.30. The molecule has 0 fully saturated rings. The summed E-state index contributed by atoms with van der Waals surface area (Å²) in [4.78, 5) is 17.6. The number of benzene rings is 3. The van der Waals surface area contributed by atoms with Gasteiger partial charge in [0.1, 0.15) is 17.3 Å². The molecule has 0 bridgehead atoms. The zero-order valence-corrected chi connectivity index (χ0v) is 20.2. The molecule has 0 saturated carbocycles. The predicted octanol–water partition coefficient (Wildman–Crippen LogP) is 5.13. The predicted molar refractivity (Wildman–Crippen MR) is 136 cm³/mol. The van der Waals surface area contributed by atoms with Crippen LogP contribution in [0, 0.1) is 5.82 Å². The molecule has 0 spiro atoms. The van der Waals surface area contributed by atoms with Gasteiger partial charge in [-0.3, -0.25) is 4.79 Å². The molecule has 36 heavy (non-hydrogen) atoms. The van der Waals surface area contributed by atoms with E-state index in [1.807, 2.05) is 62.4 Å². The smallest absolute Gasteiger partial charge is 0.281 e. The second-order valence-electron chi connectivity index (χ2n) is 7.84. The van der Waals surface area contributed by atoms with Gasteiger partial charge in [-0.25, -0.2) is 4.39 Å². The first-order valence-electron chi connectivity index (χ1n) is 11.7. The number of anilines is 2. The lowest BCUT2D eigenvalue weighted by molar-refractivity contribution is 0.0947. The number of rotatable bonds is 11. The van der Waals surface area contributed by atoms with E-state index in [1.54, 1.807) is 0 Å². The molecule has 0 aliphatic rings. The zero-order chi connectivity index (χ0) is 25.3. The van der Waals surface area contributed by atoms with Crippen molar-refractivity contribution in [3.8, 4) is 11.5 Å². The van der Waals surface area contributed by atoms with Crippen LogP contribution in [-0.2, 0) is 13.1 Å². The normalized spacial score (nSPS) is 10.6. The van der Waals surface area contributed by atoms with Crippen LogP contribution in [0.3, 0.4) is 0 Å². The van der Waals surface area contributed by atoms with Gasteiger partial charge < -0.3 is 20.1 Å². The van der Waals surface area contributed by atoms with Crippen molar-refractivity contribution in [1.29, 1.82) is 0 Å². The Balaban J connectivity index is 1.51. The number of aromatic nitrogens is 3. The second kappa shape index (κ2) is 11.8. The number of nitrogens with one attached hydrogen (secondary N) is 2. The molecule has 4 rings (SSSR count). The summed E-state index contributed by atoms with van der Waals surface area (Å²) in [6.07, 6.45) is 0. The maximum atomic E-state index is 13.4. The van der Waals surface area contributed by atoms with E-state index in [-0.39, 0.29) is 11.9 Å². The minimum absolute atomic E-state index is 0.271. The number of ether oxygens (including phenoxy) is 2. The summed E-state index contributed by atoms with van der Waals surface area (Å²) in [6, 6.07) is 20.7. The average Bonchev–Trinajstić information content (AvgIpc) is 3.31. The van der Waals surface area contributed by atoms with Crippen LogP contribution in [0.5, 0.6) is 11.5 Å². The fourth-order valence-corrected chi connectivity index (χ4v) is 3.46. The molecule has 3 aromatic carbocycles. The van der Waals surface area contributed by atoms with Crippen LogP contribution in [0.2, 0.25) is 0 Å². The lowest BCUT2D eigenvalue weighted by atomic mass is 10.2. The molecular formula is C27H28FN5O3. The minimum atomic E-state index is -0.425. The van der Waals surface area contributed by atoms with Crippen LogP contribution >= 0.6 is 0 Å². The number of carbonyl (C=O) groups is 1. The molecule has 0 amide bonds. The molecule has 0 saturated heterocycles. The van der Waals surface area contributed by atoms with Crippen molar-refractivity contribution in [2.75, 3.05) is 23.8 Å². The topological polar surface area (TPSA) is 90.3 Å². The number of hydrogen-bond donors (Lipinski definition) is 2. The quantitative estimate of drug-likeness (QED) is 0.302. The summed E-state index contributed by atoms with van der Waals surface area (Å²) in [7, 11) is 0. The van der Waals surface area contributed by atoms with Gasteiger partial charge in [-0.15, -0.1) is 5.10 Å². The van der Waals surface area contributed by atoms with Crippen LogP contribution in [0.1, 0.15) is 35.3 Å². The zero-order valence-electron chi connectivity index (χ0n) is 20.2. The Bertz CT molecular complexity index is 1270. The summed E-state index contributed by atoms with van der Waals surface area (Å²) >= 11 is 0. The highest BCUT2D eigenvalue weighted by Crippen LogP contribution is 2.18. The standard InChI is InChI=1S/C27H28FN5O3/c1-3-35-23-13-5-19(6-14-23)17-29-26-31-27(30-18-20-7-15-24(16-8-20)36-4-2)33(32-26)25(34)21-9-11-22(28)12-10-21/h5-16H,3-4,17-18H2,1-2H3,(H2,29,30,31,32). The second-order valence-corrected chi connectivity index (χ2v) is 7.84. The first-order chi connectivity index (χ1) is 17.6. The lowest BCUT2D eigenvalue weighted by Gasteiger charge is -2.08. The van der Waals surface area contributed by atoms with Gasteiger partial charge in [0, 0.05) is 18.7 Å². The molecule has 0 radical (unpaired) electrons. The van der Waals surface area contributed by atoms with E-state index in [0.717, 1.165) is 22.6 Å². The third-order valence-corrected chi connectivity index (χ3v) is 5.26. The van der Waals surface area contributed by atoms with E-state index in [9.17, 15) is 9.18 Å². The Morgan fingerprint density at radius 3 is 1.86 bits per heavy atom. The highest BCUT2D eigenvalue weighted by molar-refractivity contribution is 5.97. The van der Waals surface area contributed by atoms with Crippen molar-refractivity contribution in [3.05, 3.63) is 95.3 Å². The largest absolute Gasteiger partial charge is 0.494 e. The van der Waals surface area contributed by atoms with E-state index in [0.29, 0.717) is 31.9 Å². The van der Waals surface area contributed by atoms with Crippen molar-refractivity contribution in [1.82, 2.24) is 14.8 Å². The average molecular weight is 490 g/mol. The Morgan fingerprint density at radius 2 is 1.33 bits per heavy atom. The Morgan fingerprint density at radius 1 is 0.806 bits per heavy atom. The van der Waals surface area contributed by atoms with Gasteiger partial charge in [-0.1, -0.05) is 24.3 Å². The van der Waals surface area contributed by atoms with Gasteiger partial charge >= 0.3 is 0 Å². The summed E-state index contributed by atoms with van der Waals surface area (Å²) in [5, 5.41) is 10.7. The number of carbonyl (C=O) groups excluding carboxylic acids is 1. The highest BCUT2D eigenvalue weighted by Gasteiger charge is 2.18.